The van der Waals surface area contributed by atoms with E-state index in [1.807, 2.05) is 31.2 Å². The summed E-state index contributed by atoms with van der Waals surface area (Å²) in [5, 5.41) is 7.30. The highest BCUT2D eigenvalue weighted by atomic mass is 32.2. The van der Waals surface area contributed by atoms with E-state index in [2.05, 4.69) is 15.4 Å². The largest absolute Gasteiger partial charge is 0.471 e. The molecule has 0 saturated carbocycles. The van der Waals surface area contributed by atoms with Gasteiger partial charge in [-0.2, -0.15) is 5.10 Å². The van der Waals surface area contributed by atoms with Gasteiger partial charge in [0.05, 0.1) is 15.1 Å². The van der Waals surface area contributed by atoms with Crippen LogP contribution >= 0.6 is 11.3 Å². The van der Waals surface area contributed by atoms with Crippen LogP contribution in [-0.2, 0) is 16.6 Å². The molecule has 0 fully saturated rings. The fourth-order valence-electron chi connectivity index (χ4n) is 2.76. The predicted molar refractivity (Wildman–Crippen MR) is 115 cm³/mol. The third-order valence-corrected chi connectivity index (χ3v) is 6.37. The van der Waals surface area contributed by atoms with Crippen LogP contribution in [0.25, 0.3) is 10.2 Å². The number of carbonyl (C=O) groups excluding carboxylic acids is 1. The monoisotopic (exact) mass is 442 g/mol. The van der Waals surface area contributed by atoms with Gasteiger partial charge in [-0.05, 0) is 42.8 Å². The molecular formula is C20H18N4O4S2. The minimum Gasteiger partial charge on any atom is -0.471 e. The normalized spacial score (nSPS) is 11.5. The van der Waals surface area contributed by atoms with E-state index in [4.69, 9.17) is 4.74 Å². The summed E-state index contributed by atoms with van der Waals surface area (Å²) in [5.41, 5.74) is 1.84. The van der Waals surface area contributed by atoms with Gasteiger partial charge in [0.25, 0.3) is 5.91 Å². The van der Waals surface area contributed by atoms with Crippen LogP contribution in [0.4, 0.5) is 5.13 Å². The van der Waals surface area contributed by atoms with Crippen LogP contribution < -0.4 is 10.1 Å². The lowest BCUT2D eigenvalue weighted by Crippen LogP contribution is -2.14. The number of fused-ring (bicyclic) bond motifs is 1. The molecule has 0 saturated heterocycles. The number of sulfone groups is 1. The summed E-state index contributed by atoms with van der Waals surface area (Å²) in [7, 11) is -3.31. The first-order valence-electron chi connectivity index (χ1n) is 8.93. The molecule has 2 heterocycles. The first kappa shape index (κ1) is 20.0. The molecule has 1 amide bonds. The Bertz CT molecular complexity index is 1340. The number of para-hydroxylation sites is 1. The molecule has 4 rings (SSSR count). The van der Waals surface area contributed by atoms with E-state index >= 15 is 0 Å². The minimum absolute atomic E-state index is 0.174. The van der Waals surface area contributed by atoms with Gasteiger partial charge in [0.2, 0.25) is 0 Å². The Kier molecular flexibility index (Phi) is 5.27. The zero-order valence-electron chi connectivity index (χ0n) is 16.2. The van der Waals surface area contributed by atoms with E-state index < -0.39 is 15.7 Å². The number of amides is 1. The van der Waals surface area contributed by atoms with E-state index in [1.165, 1.54) is 22.1 Å². The molecule has 0 bridgehead atoms. The molecule has 154 valence electrons. The van der Waals surface area contributed by atoms with E-state index in [9.17, 15) is 13.2 Å². The molecule has 0 spiro atoms. The van der Waals surface area contributed by atoms with Crippen molar-refractivity contribution >= 4 is 42.4 Å². The Morgan fingerprint density at radius 3 is 2.77 bits per heavy atom. The number of carbonyl (C=O) groups is 1. The van der Waals surface area contributed by atoms with Gasteiger partial charge in [0.1, 0.15) is 5.75 Å². The van der Waals surface area contributed by atoms with Gasteiger partial charge in [-0.25, -0.2) is 18.1 Å². The van der Waals surface area contributed by atoms with Crippen LogP contribution in [0, 0.1) is 6.92 Å². The zero-order chi connectivity index (χ0) is 21.3. The van der Waals surface area contributed by atoms with E-state index in [0.717, 1.165) is 17.6 Å². The van der Waals surface area contributed by atoms with Crippen molar-refractivity contribution in [2.45, 2.75) is 18.6 Å². The number of nitrogens with one attached hydrogen (secondary N) is 1. The number of hydrogen-bond donors (Lipinski definition) is 1. The Labute approximate surface area is 177 Å². The molecule has 10 heteroatoms. The molecule has 0 aliphatic carbocycles. The van der Waals surface area contributed by atoms with Gasteiger partial charge in [-0.3, -0.25) is 10.1 Å². The standard InChI is InChI=1S/C20H18N4O4S2/c1-13-5-3-4-6-17(13)28-12-24-10-9-16(23-24)19(25)22-20-21-15-8-7-14(30(2,26)27)11-18(15)29-20/h3-11H,12H2,1-2H3,(H,21,22,25). The molecule has 0 unspecified atom stereocenters. The Morgan fingerprint density at radius 1 is 1.20 bits per heavy atom. The maximum atomic E-state index is 12.5. The first-order chi connectivity index (χ1) is 14.3. The molecule has 4 aromatic rings. The summed E-state index contributed by atoms with van der Waals surface area (Å²) in [4.78, 5) is 17.0. The summed E-state index contributed by atoms with van der Waals surface area (Å²) in [6.45, 7) is 2.13. The van der Waals surface area contributed by atoms with Crippen LogP contribution in [0.1, 0.15) is 16.1 Å². The summed E-state index contributed by atoms with van der Waals surface area (Å²) in [6, 6.07) is 13.9. The number of ether oxygens (including phenoxy) is 1. The van der Waals surface area contributed by atoms with Crippen molar-refractivity contribution in [3.63, 3.8) is 0 Å². The number of rotatable bonds is 6. The molecule has 0 atom stereocenters. The zero-order valence-corrected chi connectivity index (χ0v) is 17.8. The van der Waals surface area contributed by atoms with E-state index in [-0.39, 0.29) is 17.3 Å². The third-order valence-electron chi connectivity index (χ3n) is 4.33. The van der Waals surface area contributed by atoms with E-state index in [1.54, 1.807) is 24.4 Å². The highest BCUT2D eigenvalue weighted by Crippen LogP contribution is 2.28. The second-order valence-electron chi connectivity index (χ2n) is 6.65. The average molecular weight is 443 g/mol. The quantitative estimate of drug-likeness (QED) is 0.490. The van der Waals surface area contributed by atoms with Crippen LogP contribution in [0.3, 0.4) is 0 Å². The summed E-state index contributed by atoms with van der Waals surface area (Å²) < 4.78 is 31.3. The van der Waals surface area contributed by atoms with Crippen molar-refractivity contribution in [1.82, 2.24) is 14.8 Å². The lowest BCUT2D eigenvalue weighted by molar-refractivity contribution is 0.102. The number of thiazole rings is 1. The topological polar surface area (TPSA) is 103 Å². The number of aromatic nitrogens is 3. The van der Waals surface area contributed by atoms with Gasteiger partial charge >= 0.3 is 0 Å². The Hall–Kier alpha value is -3.24. The maximum Gasteiger partial charge on any atom is 0.277 e. The predicted octanol–water partition coefficient (Wildman–Crippen LogP) is 3.49. The fourth-order valence-corrected chi connectivity index (χ4v) is 4.38. The second kappa shape index (κ2) is 7.88. The van der Waals surface area contributed by atoms with Crippen LogP contribution in [0.5, 0.6) is 5.75 Å². The molecule has 2 aromatic carbocycles. The summed E-state index contributed by atoms with van der Waals surface area (Å²) >= 11 is 1.20. The average Bonchev–Trinajstić information content (AvgIpc) is 3.32. The number of hydrogen-bond acceptors (Lipinski definition) is 7. The Morgan fingerprint density at radius 2 is 2.00 bits per heavy atom. The summed E-state index contributed by atoms with van der Waals surface area (Å²) in [5.74, 6) is 0.342. The molecule has 30 heavy (non-hydrogen) atoms. The third kappa shape index (κ3) is 4.34. The van der Waals surface area contributed by atoms with Gasteiger partial charge < -0.3 is 4.74 Å². The number of benzene rings is 2. The van der Waals surface area contributed by atoms with Crippen molar-refractivity contribution in [3.8, 4) is 5.75 Å². The van der Waals surface area contributed by atoms with Crippen LogP contribution in [-0.4, -0.2) is 35.3 Å². The van der Waals surface area contributed by atoms with Gasteiger partial charge in [0.15, 0.2) is 27.4 Å². The molecule has 2 aromatic heterocycles. The lowest BCUT2D eigenvalue weighted by Gasteiger charge is -2.08. The Balaban J connectivity index is 1.45. The van der Waals surface area contributed by atoms with Crippen LogP contribution in [0.15, 0.2) is 59.6 Å². The fraction of sp³-hybridized carbons (Fsp3) is 0.150. The molecule has 0 aliphatic rings. The van der Waals surface area contributed by atoms with Crippen molar-refractivity contribution in [1.29, 1.82) is 0 Å². The molecule has 0 aliphatic heterocycles. The van der Waals surface area contributed by atoms with Crippen molar-refractivity contribution in [3.05, 3.63) is 66.0 Å². The van der Waals surface area contributed by atoms with Crippen molar-refractivity contribution < 1.29 is 17.9 Å². The minimum atomic E-state index is -3.31. The highest BCUT2D eigenvalue weighted by molar-refractivity contribution is 7.90. The van der Waals surface area contributed by atoms with Gasteiger partial charge in [-0.1, -0.05) is 29.5 Å². The number of aryl methyl sites for hydroxylation is 1. The van der Waals surface area contributed by atoms with Crippen LogP contribution in [0.2, 0.25) is 0 Å². The molecular weight excluding hydrogens is 424 g/mol. The van der Waals surface area contributed by atoms with Gasteiger partial charge in [0, 0.05) is 12.5 Å². The van der Waals surface area contributed by atoms with Crippen molar-refractivity contribution in [2.24, 2.45) is 0 Å². The lowest BCUT2D eigenvalue weighted by atomic mass is 10.2. The summed E-state index contributed by atoms with van der Waals surface area (Å²) in [6.07, 6.45) is 2.81. The highest BCUT2D eigenvalue weighted by Gasteiger charge is 2.15. The maximum absolute atomic E-state index is 12.5. The molecule has 1 N–H and O–H groups in total. The molecule has 8 nitrogen and oxygen atoms in total. The number of nitrogens with zero attached hydrogens (tertiary/aromatic N) is 3. The van der Waals surface area contributed by atoms with E-state index in [0.29, 0.717) is 15.3 Å². The molecule has 0 radical (unpaired) electrons. The van der Waals surface area contributed by atoms with Gasteiger partial charge in [-0.15, -0.1) is 0 Å². The number of anilines is 1. The second-order valence-corrected chi connectivity index (χ2v) is 9.70. The first-order valence-corrected chi connectivity index (χ1v) is 11.6. The smallest absolute Gasteiger partial charge is 0.277 e. The van der Waals surface area contributed by atoms with Crippen molar-refractivity contribution in [2.75, 3.05) is 11.6 Å². The SMILES string of the molecule is Cc1ccccc1OCn1ccc(C(=O)Nc2nc3ccc(S(C)(=O)=O)cc3s2)n1.